The number of anilines is 2. The van der Waals surface area contributed by atoms with Crippen molar-refractivity contribution in [3.05, 3.63) is 54.8 Å². The second kappa shape index (κ2) is 9.51. The number of nitrogens with one attached hydrogen (secondary N) is 2. The molecule has 9 heteroatoms. The number of hydroxylamine groups is 1. The first-order chi connectivity index (χ1) is 12.6. The normalized spacial score (nSPS) is 11.4. The summed E-state index contributed by atoms with van der Waals surface area (Å²) < 4.78 is 15.1. The van der Waals surface area contributed by atoms with Crippen LogP contribution in [-0.2, 0) is 4.84 Å². The van der Waals surface area contributed by atoms with Crippen LogP contribution in [0.25, 0.3) is 0 Å². The average Bonchev–Trinajstić information content (AvgIpc) is 2.59. The lowest BCUT2D eigenvalue weighted by molar-refractivity contribution is -0.0805. The first-order valence-corrected chi connectivity index (χ1v) is 10.2. The molecule has 0 aliphatic rings. The van der Waals surface area contributed by atoms with Gasteiger partial charge in [-0.2, -0.15) is 0 Å². The summed E-state index contributed by atoms with van der Waals surface area (Å²) in [5, 5.41) is 12.5. The molecule has 0 aromatic heterocycles. The fraction of sp³-hybridized carbons (Fsp3) is 0.278. The molecule has 2 aromatic rings. The lowest BCUT2D eigenvalue weighted by atomic mass is 10.1. The molecule has 1 amide bonds. The molecule has 0 fully saturated rings. The van der Waals surface area contributed by atoms with Crippen molar-refractivity contribution in [3.63, 3.8) is 0 Å². The molecule has 0 radical (unpaired) electrons. The fourth-order valence-electron chi connectivity index (χ4n) is 2.15. The zero-order valence-electron chi connectivity index (χ0n) is 14.6. The highest BCUT2D eigenvalue weighted by Crippen LogP contribution is 2.35. The molecule has 146 valence electrons. The van der Waals surface area contributed by atoms with Gasteiger partial charge in [-0.3, -0.25) is 9.63 Å². The molecule has 0 atom stereocenters. The van der Waals surface area contributed by atoms with E-state index in [2.05, 4.69) is 49.3 Å². The number of aliphatic hydroxyl groups is 1. The van der Waals surface area contributed by atoms with Crippen LogP contribution in [0.15, 0.2) is 34.8 Å². The maximum Gasteiger partial charge on any atom is 0.277 e. The van der Waals surface area contributed by atoms with Gasteiger partial charge in [-0.1, -0.05) is 11.6 Å². The van der Waals surface area contributed by atoms with E-state index in [0.29, 0.717) is 17.1 Å². The van der Waals surface area contributed by atoms with Gasteiger partial charge in [0.1, 0.15) is 5.82 Å². The van der Waals surface area contributed by atoms with Crippen LogP contribution in [0.1, 0.15) is 30.6 Å². The molecule has 0 bridgehead atoms. The molecule has 5 nitrogen and oxygen atoms in total. The van der Waals surface area contributed by atoms with Gasteiger partial charge in [-0.25, -0.2) is 9.87 Å². The second-order valence-corrected chi connectivity index (χ2v) is 8.75. The second-order valence-electron chi connectivity index (χ2n) is 6.30. The number of aliphatic hydroxyl groups excluding tert-OH is 1. The topological polar surface area (TPSA) is 70.6 Å². The van der Waals surface area contributed by atoms with E-state index in [0.717, 1.165) is 3.57 Å². The van der Waals surface area contributed by atoms with Gasteiger partial charge in [0, 0.05) is 16.6 Å². The zero-order chi connectivity index (χ0) is 20.2. The van der Waals surface area contributed by atoms with Gasteiger partial charge in [-0.15, -0.1) is 0 Å². The van der Waals surface area contributed by atoms with E-state index in [9.17, 15) is 9.18 Å². The van der Waals surface area contributed by atoms with Crippen molar-refractivity contribution in [3.8, 4) is 0 Å². The first kappa shape index (κ1) is 22.4. The van der Waals surface area contributed by atoms with Crippen LogP contribution in [-0.4, -0.2) is 23.2 Å². The number of halogens is 4. The molecule has 0 unspecified atom stereocenters. The van der Waals surface area contributed by atoms with Gasteiger partial charge in [-0.05, 0) is 82.7 Å². The van der Waals surface area contributed by atoms with Crippen LogP contribution >= 0.6 is 50.1 Å². The number of hydrogen-bond acceptors (Lipinski definition) is 4. The Morgan fingerprint density at radius 2 is 2.07 bits per heavy atom. The van der Waals surface area contributed by atoms with E-state index >= 15 is 0 Å². The lowest BCUT2D eigenvalue weighted by Gasteiger charge is -2.24. The number of carbonyl (C=O) groups excluding carboxylic acids is 1. The Morgan fingerprint density at radius 1 is 1.37 bits per heavy atom. The highest BCUT2D eigenvalue weighted by molar-refractivity contribution is 14.1. The van der Waals surface area contributed by atoms with E-state index in [4.69, 9.17) is 21.5 Å². The summed E-state index contributed by atoms with van der Waals surface area (Å²) in [4.78, 5) is 18.0. The number of hydrogen-bond donors (Lipinski definition) is 3. The van der Waals surface area contributed by atoms with Gasteiger partial charge >= 0.3 is 0 Å². The monoisotopic (exact) mass is 570 g/mol. The molecule has 0 saturated carbocycles. The largest absolute Gasteiger partial charge is 0.396 e. The Morgan fingerprint density at radius 3 is 2.70 bits per heavy atom. The van der Waals surface area contributed by atoms with Crippen LogP contribution < -0.4 is 10.8 Å². The third kappa shape index (κ3) is 6.02. The Hall–Kier alpha value is -0.940. The summed E-state index contributed by atoms with van der Waals surface area (Å²) in [6.07, 6.45) is 0.337. The van der Waals surface area contributed by atoms with Crippen LogP contribution in [0.2, 0.25) is 5.02 Å². The van der Waals surface area contributed by atoms with E-state index in [1.165, 1.54) is 12.1 Å². The fourth-order valence-corrected chi connectivity index (χ4v) is 3.50. The molecule has 2 aromatic carbocycles. The third-order valence-electron chi connectivity index (χ3n) is 3.66. The standard InChI is InChI=1S/C18H18BrClFIN2O3/c1-18(2,7-8-25)27-24-17(26)11-4-5-13(21)15(19)16(11)23-14-6-3-10(22)9-12(14)20/h3-6,9,23,25H,7-8H2,1-2H3,(H,24,26). The number of benzene rings is 2. The Kier molecular flexibility index (Phi) is 7.87. The molecule has 27 heavy (non-hydrogen) atoms. The van der Waals surface area contributed by atoms with Crippen molar-refractivity contribution in [2.24, 2.45) is 0 Å². The Bertz CT molecular complexity index is 852. The molecule has 0 spiro atoms. The van der Waals surface area contributed by atoms with Crippen LogP contribution in [0.3, 0.4) is 0 Å². The molecular formula is C18H18BrClFIN2O3. The van der Waals surface area contributed by atoms with Crippen molar-refractivity contribution in [2.75, 3.05) is 11.9 Å². The zero-order valence-corrected chi connectivity index (χ0v) is 19.1. The number of carbonyl (C=O) groups is 1. The molecule has 3 N–H and O–H groups in total. The van der Waals surface area contributed by atoms with E-state index < -0.39 is 17.3 Å². The highest BCUT2D eigenvalue weighted by Gasteiger charge is 2.23. The van der Waals surface area contributed by atoms with Crippen LogP contribution in [0.4, 0.5) is 15.8 Å². The predicted molar refractivity (Wildman–Crippen MR) is 116 cm³/mol. The number of amides is 1. The van der Waals surface area contributed by atoms with Crippen LogP contribution in [0.5, 0.6) is 0 Å². The highest BCUT2D eigenvalue weighted by atomic mass is 127. The van der Waals surface area contributed by atoms with E-state index in [1.807, 2.05) is 6.07 Å². The van der Waals surface area contributed by atoms with Gasteiger partial charge < -0.3 is 10.4 Å². The molecule has 0 heterocycles. The van der Waals surface area contributed by atoms with Gasteiger partial charge in [0.25, 0.3) is 5.91 Å². The lowest BCUT2D eigenvalue weighted by Crippen LogP contribution is -2.36. The summed E-state index contributed by atoms with van der Waals surface area (Å²) in [5.41, 5.74) is 2.51. The third-order valence-corrected chi connectivity index (χ3v) is 5.42. The van der Waals surface area contributed by atoms with Crippen LogP contribution in [0, 0.1) is 9.39 Å². The number of rotatable bonds is 7. The average molecular weight is 572 g/mol. The Balaban J connectivity index is 2.32. The minimum Gasteiger partial charge on any atom is -0.396 e. The van der Waals surface area contributed by atoms with Crippen molar-refractivity contribution < 1.29 is 19.1 Å². The summed E-state index contributed by atoms with van der Waals surface area (Å²) >= 11 is 11.5. The molecule has 0 aliphatic heterocycles. The molecule has 0 saturated heterocycles. The smallest absolute Gasteiger partial charge is 0.277 e. The van der Waals surface area contributed by atoms with Crippen molar-refractivity contribution in [2.45, 2.75) is 25.9 Å². The maximum atomic E-state index is 14.1. The molecule has 2 rings (SSSR count). The van der Waals surface area contributed by atoms with Gasteiger partial charge in [0.15, 0.2) is 0 Å². The Labute approximate surface area is 183 Å². The van der Waals surface area contributed by atoms with Gasteiger partial charge in [0.2, 0.25) is 0 Å². The van der Waals surface area contributed by atoms with E-state index in [1.54, 1.807) is 26.0 Å². The molecular weight excluding hydrogens is 553 g/mol. The van der Waals surface area contributed by atoms with Crippen molar-refractivity contribution in [1.82, 2.24) is 5.48 Å². The summed E-state index contributed by atoms with van der Waals surface area (Å²) in [5.74, 6) is -1.09. The van der Waals surface area contributed by atoms with Crippen molar-refractivity contribution >= 4 is 67.4 Å². The summed E-state index contributed by atoms with van der Waals surface area (Å²) in [6, 6.07) is 7.85. The van der Waals surface area contributed by atoms with E-state index in [-0.39, 0.29) is 22.3 Å². The van der Waals surface area contributed by atoms with Gasteiger partial charge in [0.05, 0.1) is 32.0 Å². The predicted octanol–water partition coefficient (Wildman–Crippen LogP) is 5.41. The maximum absolute atomic E-state index is 14.1. The summed E-state index contributed by atoms with van der Waals surface area (Å²) in [6.45, 7) is 3.38. The van der Waals surface area contributed by atoms with Crippen molar-refractivity contribution in [1.29, 1.82) is 0 Å². The quantitative estimate of drug-likeness (QED) is 0.307. The SMILES string of the molecule is CC(C)(CCO)ONC(=O)c1ccc(F)c(Br)c1Nc1ccc(I)cc1Cl. The summed E-state index contributed by atoms with van der Waals surface area (Å²) in [7, 11) is 0. The molecule has 0 aliphatic carbocycles. The minimum atomic E-state index is -0.755. The first-order valence-electron chi connectivity index (χ1n) is 7.94. The minimum absolute atomic E-state index is 0.0803.